The Morgan fingerprint density at radius 2 is 1.93 bits per heavy atom. The van der Waals surface area contributed by atoms with Crippen LogP contribution in [0, 0.1) is 0 Å². The van der Waals surface area contributed by atoms with Gasteiger partial charge in [-0.3, -0.25) is 9.97 Å². The van der Waals surface area contributed by atoms with E-state index in [1.807, 2.05) is 6.07 Å². The highest BCUT2D eigenvalue weighted by Crippen LogP contribution is 2.21. The lowest BCUT2D eigenvalue weighted by Crippen LogP contribution is -2.00. The first-order valence-electron chi connectivity index (χ1n) is 4.37. The average molecular weight is 200 g/mol. The van der Waals surface area contributed by atoms with E-state index in [1.54, 1.807) is 30.7 Å². The molecule has 0 amide bonds. The van der Waals surface area contributed by atoms with E-state index in [0.717, 1.165) is 5.56 Å². The summed E-state index contributed by atoms with van der Waals surface area (Å²) in [7, 11) is 0. The van der Waals surface area contributed by atoms with E-state index in [2.05, 4.69) is 9.97 Å². The molecule has 0 saturated heterocycles. The molecule has 2 aromatic heterocycles. The SMILES string of the molecule is O=C(O)c1cnccc1-c1cccnc1. The summed E-state index contributed by atoms with van der Waals surface area (Å²) in [6.07, 6.45) is 6.17. The third-order valence-electron chi connectivity index (χ3n) is 2.02. The molecule has 0 unspecified atom stereocenters. The first kappa shape index (κ1) is 9.33. The van der Waals surface area contributed by atoms with E-state index in [4.69, 9.17) is 5.11 Å². The van der Waals surface area contributed by atoms with E-state index in [9.17, 15) is 4.79 Å². The zero-order chi connectivity index (χ0) is 10.7. The Kier molecular flexibility index (Phi) is 2.41. The van der Waals surface area contributed by atoms with Crippen LogP contribution in [-0.4, -0.2) is 21.0 Å². The predicted molar refractivity (Wildman–Crippen MR) is 54.4 cm³/mol. The number of aromatic carboxylic acids is 1. The van der Waals surface area contributed by atoms with E-state index >= 15 is 0 Å². The quantitative estimate of drug-likeness (QED) is 0.803. The van der Waals surface area contributed by atoms with Crippen LogP contribution in [0.2, 0.25) is 0 Å². The van der Waals surface area contributed by atoms with Gasteiger partial charge >= 0.3 is 5.97 Å². The van der Waals surface area contributed by atoms with Gasteiger partial charge in [0.05, 0.1) is 5.56 Å². The molecule has 0 fully saturated rings. The minimum Gasteiger partial charge on any atom is -0.478 e. The average Bonchev–Trinajstić information content (AvgIpc) is 2.30. The van der Waals surface area contributed by atoms with Gasteiger partial charge in [0, 0.05) is 35.9 Å². The number of carboxylic acids is 1. The van der Waals surface area contributed by atoms with E-state index in [-0.39, 0.29) is 5.56 Å². The number of pyridine rings is 2. The van der Waals surface area contributed by atoms with E-state index < -0.39 is 5.97 Å². The maximum Gasteiger partial charge on any atom is 0.337 e. The fourth-order valence-electron chi connectivity index (χ4n) is 1.34. The van der Waals surface area contributed by atoms with Gasteiger partial charge in [-0.05, 0) is 12.1 Å². The summed E-state index contributed by atoms with van der Waals surface area (Å²) in [5.41, 5.74) is 1.59. The molecule has 0 saturated carbocycles. The first-order valence-corrected chi connectivity index (χ1v) is 4.37. The molecule has 74 valence electrons. The van der Waals surface area contributed by atoms with Gasteiger partial charge in [0.2, 0.25) is 0 Å². The Bertz CT molecular complexity index is 483. The molecule has 0 radical (unpaired) electrons. The Hall–Kier alpha value is -2.23. The van der Waals surface area contributed by atoms with Crippen LogP contribution in [0.1, 0.15) is 10.4 Å². The maximum absolute atomic E-state index is 10.9. The molecule has 1 N–H and O–H groups in total. The second kappa shape index (κ2) is 3.88. The van der Waals surface area contributed by atoms with E-state index in [0.29, 0.717) is 5.56 Å². The lowest BCUT2D eigenvalue weighted by atomic mass is 10.0. The largest absolute Gasteiger partial charge is 0.478 e. The molecule has 2 rings (SSSR count). The third-order valence-corrected chi connectivity index (χ3v) is 2.02. The summed E-state index contributed by atoms with van der Waals surface area (Å²) in [5.74, 6) is -0.984. The normalized spacial score (nSPS) is 9.87. The van der Waals surface area contributed by atoms with Crippen LogP contribution in [-0.2, 0) is 0 Å². The molecule has 4 heteroatoms. The molecule has 0 aromatic carbocycles. The van der Waals surface area contributed by atoms with Gasteiger partial charge in [-0.1, -0.05) is 6.07 Å². The van der Waals surface area contributed by atoms with Crippen molar-refractivity contribution in [3.63, 3.8) is 0 Å². The Balaban J connectivity index is 2.58. The number of carbonyl (C=O) groups is 1. The van der Waals surface area contributed by atoms with Crippen molar-refractivity contribution in [3.05, 3.63) is 48.5 Å². The zero-order valence-electron chi connectivity index (χ0n) is 7.79. The van der Waals surface area contributed by atoms with Gasteiger partial charge in [-0.25, -0.2) is 4.79 Å². The Labute approximate surface area is 86.2 Å². The molecule has 0 spiro atoms. The number of carboxylic acid groups (broad SMARTS) is 1. The molecular formula is C11H8N2O2. The zero-order valence-corrected chi connectivity index (χ0v) is 7.79. The molecular weight excluding hydrogens is 192 g/mol. The van der Waals surface area contributed by atoms with Crippen molar-refractivity contribution in [3.8, 4) is 11.1 Å². The molecule has 0 atom stereocenters. The molecule has 0 aliphatic heterocycles. The van der Waals surface area contributed by atoms with Crippen molar-refractivity contribution in [1.29, 1.82) is 0 Å². The van der Waals surface area contributed by atoms with Crippen LogP contribution in [0.15, 0.2) is 43.0 Å². The monoisotopic (exact) mass is 200 g/mol. The maximum atomic E-state index is 10.9. The van der Waals surface area contributed by atoms with Crippen LogP contribution in [0.25, 0.3) is 11.1 Å². The van der Waals surface area contributed by atoms with Crippen LogP contribution >= 0.6 is 0 Å². The van der Waals surface area contributed by atoms with Crippen molar-refractivity contribution in [2.75, 3.05) is 0 Å². The predicted octanol–water partition coefficient (Wildman–Crippen LogP) is 1.84. The highest BCUT2D eigenvalue weighted by atomic mass is 16.4. The second-order valence-corrected chi connectivity index (χ2v) is 2.97. The summed E-state index contributed by atoms with van der Waals surface area (Å²) < 4.78 is 0. The van der Waals surface area contributed by atoms with Crippen LogP contribution in [0.3, 0.4) is 0 Å². The summed E-state index contributed by atoms with van der Waals surface area (Å²) in [4.78, 5) is 18.7. The lowest BCUT2D eigenvalue weighted by molar-refractivity contribution is 0.0697. The number of hydrogen-bond donors (Lipinski definition) is 1. The van der Waals surface area contributed by atoms with Gasteiger partial charge in [0.15, 0.2) is 0 Å². The van der Waals surface area contributed by atoms with Crippen molar-refractivity contribution in [2.45, 2.75) is 0 Å². The molecule has 0 aliphatic rings. The standard InChI is InChI=1S/C11H8N2O2/c14-11(15)10-7-13-5-3-9(10)8-2-1-4-12-6-8/h1-7H,(H,14,15). The van der Waals surface area contributed by atoms with Gasteiger partial charge < -0.3 is 5.11 Å². The van der Waals surface area contributed by atoms with Gasteiger partial charge in [-0.2, -0.15) is 0 Å². The number of rotatable bonds is 2. The molecule has 15 heavy (non-hydrogen) atoms. The van der Waals surface area contributed by atoms with Crippen molar-refractivity contribution in [1.82, 2.24) is 9.97 Å². The highest BCUT2D eigenvalue weighted by molar-refractivity contribution is 5.95. The molecule has 2 aromatic rings. The minimum absolute atomic E-state index is 0.186. The van der Waals surface area contributed by atoms with Gasteiger partial charge in [-0.15, -0.1) is 0 Å². The fourth-order valence-corrected chi connectivity index (χ4v) is 1.34. The Morgan fingerprint density at radius 1 is 1.13 bits per heavy atom. The van der Waals surface area contributed by atoms with Gasteiger partial charge in [0.25, 0.3) is 0 Å². The molecule has 4 nitrogen and oxygen atoms in total. The summed E-state index contributed by atoms with van der Waals surface area (Å²) >= 11 is 0. The summed E-state index contributed by atoms with van der Waals surface area (Å²) in [5, 5.41) is 8.97. The highest BCUT2D eigenvalue weighted by Gasteiger charge is 2.10. The number of nitrogens with zero attached hydrogens (tertiary/aromatic N) is 2. The fraction of sp³-hybridized carbons (Fsp3) is 0. The molecule has 2 heterocycles. The minimum atomic E-state index is -0.984. The van der Waals surface area contributed by atoms with Crippen molar-refractivity contribution < 1.29 is 9.90 Å². The molecule has 0 aliphatic carbocycles. The van der Waals surface area contributed by atoms with E-state index in [1.165, 1.54) is 6.20 Å². The topological polar surface area (TPSA) is 63.1 Å². The summed E-state index contributed by atoms with van der Waals surface area (Å²) in [6, 6.07) is 5.25. The number of aromatic nitrogens is 2. The molecule has 0 bridgehead atoms. The van der Waals surface area contributed by atoms with Crippen LogP contribution in [0.4, 0.5) is 0 Å². The van der Waals surface area contributed by atoms with Crippen LogP contribution < -0.4 is 0 Å². The number of hydrogen-bond acceptors (Lipinski definition) is 3. The second-order valence-electron chi connectivity index (χ2n) is 2.97. The van der Waals surface area contributed by atoms with Gasteiger partial charge in [0.1, 0.15) is 0 Å². The first-order chi connectivity index (χ1) is 7.29. The van der Waals surface area contributed by atoms with Crippen molar-refractivity contribution >= 4 is 5.97 Å². The van der Waals surface area contributed by atoms with Crippen molar-refractivity contribution in [2.24, 2.45) is 0 Å². The third kappa shape index (κ3) is 1.83. The Morgan fingerprint density at radius 3 is 2.60 bits per heavy atom. The van der Waals surface area contributed by atoms with Crippen LogP contribution in [0.5, 0.6) is 0 Å². The summed E-state index contributed by atoms with van der Waals surface area (Å²) in [6.45, 7) is 0. The lowest BCUT2D eigenvalue weighted by Gasteiger charge is -2.03. The smallest absolute Gasteiger partial charge is 0.337 e.